The van der Waals surface area contributed by atoms with E-state index in [-0.39, 0.29) is 5.88 Å². The SMILES string of the molecule is Cc1nc(OCC(F)(F)C(F)F)ccc1N. The molecular weight excluding hydrogens is 228 g/mol. The van der Waals surface area contributed by atoms with Crippen molar-refractivity contribution in [1.82, 2.24) is 4.98 Å². The lowest BCUT2D eigenvalue weighted by Crippen LogP contribution is -2.33. The van der Waals surface area contributed by atoms with Crippen molar-refractivity contribution in [2.45, 2.75) is 19.3 Å². The summed E-state index contributed by atoms with van der Waals surface area (Å²) in [6.45, 7) is 0.133. The van der Waals surface area contributed by atoms with Gasteiger partial charge in [-0.25, -0.2) is 13.8 Å². The lowest BCUT2D eigenvalue weighted by molar-refractivity contribution is -0.148. The van der Waals surface area contributed by atoms with Crippen LogP contribution in [-0.4, -0.2) is 23.9 Å². The van der Waals surface area contributed by atoms with Crippen LogP contribution in [0, 0.1) is 6.92 Å². The molecule has 0 aromatic carbocycles. The number of alkyl halides is 4. The lowest BCUT2D eigenvalue weighted by Gasteiger charge is -2.15. The lowest BCUT2D eigenvalue weighted by atomic mass is 10.3. The summed E-state index contributed by atoms with van der Waals surface area (Å²) in [6.07, 6.45) is -3.76. The molecule has 0 spiro atoms. The number of hydrogen-bond acceptors (Lipinski definition) is 3. The Hall–Kier alpha value is -1.53. The summed E-state index contributed by atoms with van der Waals surface area (Å²) in [7, 11) is 0. The highest BCUT2D eigenvalue weighted by Crippen LogP contribution is 2.24. The number of pyridine rings is 1. The monoisotopic (exact) mass is 238 g/mol. The van der Waals surface area contributed by atoms with E-state index in [2.05, 4.69) is 9.72 Å². The Morgan fingerprint density at radius 1 is 1.44 bits per heavy atom. The highest BCUT2D eigenvalue weighted by atomic mass is 19.3. The molecule has 0 amide bonds. The Kier molecular flexibility index (Phi) is 3.56. The van der Waals surface area contributed by atoms with Crippen LogP contribution in [0.2, 0.25) is 0 Å². The standard InChI is InChI=1S/C9H10F4N2O/c1-5-6(14)2-3-7(15-5)16-4-9(12,13)8(10)11/h2-3,8H,4,14H2,1H3. The normalized spacial score (nSPS) is 11.9. The zero-order valence-corrected chi connectivity index (χ0v) is 8.38. The molecule has 90 valence electrons. The largest absolute Gasteiger partial charge is 0.471 e. The van der Waals surface area contributed by atoms with Gasteiger partial charge in [0, 0.05) is 6.07 Å². The van der Waals surface area contributed by atoms with Gasteiger partial charge in [-0.15, -0.1) is 0 Å². The van der Waals surface area contributed by atoms with Crippen LogP contribution in [0.4, 0.5) is 23.2 Å². The van der Waals surface area contributed by atoms with E-state index in [4.69, 9.17) is 5.73 Å². The highest BCUT2D eigenvalue weighted by Gasteiger charge is 2.41. The van der Waals surface area contributed by atoms with E-state index < -0.39 is 19.0 Å². The average molecular weight is 238 g/mol. The van der Waals surface area contributed by atoms with Crippen LogP contribution < -0.4 is 10.5 Å². The summed E-state index contributed by atoms with van der Waals surface area (Å²) in [4.78, 5) is 3.71. The van der Waals surface area contributed by atoms with E-state index in [9.17, 15) is 17.6 Å². The third-order valence-electron chi connectivity index (χ3n) is 1.83. The molecular formula is C9H10F4N2O. The van der Waals surface area contributed by atoms with E-state index in [1.54, 1.807) is 6.92 Å². The summed E-state index contributed by atoms with van der Waals surface area (Å²) in [5, 5.41) is 0. The van der Waals surface area contributed by atoms with Crippen molar-refractivity contribution in [3.05, 3.63) is 17.8 Å². The molecule has 0 unspecified atom stereocenters. The minimum absolute atomic E-state index is 0.160. The molecule has 0 radical (unpaired) electrons. The van der Waals surface area contributed by atoms with E-state index in [1.807, 2.05) is 0 Å². The summed E-state index contributed by atoms with van der Waals surface area (Å²) < 4.78 is 53.0. The summed E-state index contributed by atoms with van der Waals surface area (Å²) in [6, 6.07) is 2.64. The fourth-order valence-corrected chi connectivity index (χ4v) is 0.862. The second-order valence-electron chi connectivity index (χ2n) is 3.17. The number of hydrogen-bond donors (Lipinski definition) is 1. The Bertz CT molecular complexity index is 371. The molecule has 0 fully saturated rings. The zero-order valence-electron chi connectivity index (χ0n) is 8.38. The summed E-state index contributed by atoms with van der Waals surface area (Å²) in [5.74, 6) is -4.34. The van der Waals surface area contributed by atoms with Gasteiger partial charge in [0.1, 0.15) is 0 Å². The molecule has 0 aliphatic rings. The fraction of sp³-hybridized carbons (Fsp3) is 0.444. The average Bonchev–Trinajstić information content (AvgIpc) is 2.20. The van der Waals surface area contributed by atoms with Gasteiger partial charge in [0.15, 0.2) is 6.61 Å². The number of rotatable bonds is 4. The smallest absolute Gasteiger partial charge is 0.340 e. The Morgan fingerprint density at radius 2 is 2.06 bits per heavy atom. The fourth-order valence-electron chi connectivity index (χ4n) is 0.862. The van der Waals surface area contributed by atoms with Gasteiger partial charge < -0.3 is 10.5 Å². The van der Waals surface area contributed by atoms with Crippen LogP contribution in [0.3, 0.4) is 0 Å². The molecule has 1 rings (SSSR count). The van der Waals surface area contributed by atoms with Crippen LogP contribution in [0.15, 0.2) is 12.1 Å². The Labute approximate surface area is 89.2 Å². The first-order chi connectivity index (χ1) is 7.33. The van der Waals surface area contributed by atoms with Gasteiger partial charge in [0.2, 0.25) is 5.88 Å². The number of aromatic nitrogens is 1. The maximum absolute atomic E-state index is 12.5. The molecule has 1 aromatic heterocycles. The zero-order chi connectivity index (χ0) is 12.3. The first-order valence-corrected chi connectivity index (χ1v) is 4.35. The topological polar surface area (TPSA) is 48.1 Å². The highest BCUT2D eigenvalue weighted by molar-refractivity contribution is 5.43. The molecule has 0 aliphatic carbocycles. The first-order valence-electron chi connectivity index (χ1n) is 4.35. The first kappa shape index (κ1) is 12.5. The quantitative estimate of drug-likeness (QED) is 0.818. The maximum atomic E-state index is 12.5. The van der Waals surface area contributed by atoms with Crippen LogP contribution in [0.5, 0.6) is 5.88 Å². The van der Waals surface area contributed by atoms with Gasteiger partial charge in [-0.3, -0.25) is 0 Å². The third-order valence-corrected chi connectivity index (χ3v) is 1.83. The third kappa shape index (κ3) is 2.98. The van der Waals surface area contributed by atoms with Gasteiger partial charge in [-0.2, -0.15) is 8.78 Å². The summed E-state index contributed by atoms with van der Waals surface area (Å²) >= 11 is 0. The Morgan fingerprint density at radius 3 is 2.56 bits per heavy atom. The molecule has 0 aliphatic heterocycles. The molecule has 0 atom stereocenters. The van der Waals surface area contributed by atoms with Crippen molar-refractivity contribution < 1.29 is 22.3 Å². The summed E-state index contributed by atoms with van der Waals surface area (Å²) in [5.41, 5.74) is 6.19. The number of nitrogens with zero attached hydrogens (tertiary/aromatic N) is 1. The van der Waals surface area contributed by atoms with Crippen LogP contribution in [0.25, 0.3) is 0 Å². The number of anilines is 1. The molecule has 1 aromatic rings. The molecule has 0 saturated carbocycles. The van der Waals surface area contributed by atoms with Gasteiger partial charge >= 0.3 is 12.3 Å². The van der Waals surface area contributed by atoms with Gasteiger partial charge in [-0.05, 0) is 13.0 Å². The number of nitrogens with two attached hydrogens (primary N) is 1. The van der Waals surface area contributed by atoms with Crippen LogP contribution in [0.1, 0.15) is 5.69 Å². The van der Waals surface area contributed by atoms with Gasteiger partial charge in [-0.1, -0.05) is 0 Å². The second-order valence-corrected chi connectivity index (χ2v) is 3.17. The molecule has 3 nitrogen and oxygen atoms in total. The molecule has 1 heterocycles. The van der Waals surface area contributed by atoms with Crippen LogP contribution >= 0.6 is 0 Å². The van der Waals surface area contributed by atoms with Crippen molar-refractivity contribution in [1.29, 1.82) is 0 Å². The van der Waals surface area contributed by atoms with Crippen LogP contribution in [-0.2, 0) is 0 Å². The molecule has 7 heteroatoms. The molecule has 0 bridgehead atoms. The second kappa shape index (κ2) is 4.54. The number of ether oxygens (including phenoxy) is 1. The van der Waals surface area contributed by atoms with E-state index in [0.29, 0.717) is 11.4 Å². The molecule has 2 N–H and O–H groups in total. The number of halogens is 4. The predicted octanol–water partition coefficient (Wildman–Crippen LogP) is 2.25. The van der Waals surface area contributed by atoms with Crippen molar-refractivity contribution in [3.63, 3.8) is 0 Å². The van der Waals surface area contributed by atoms with Gasteiger partial charge in [0.25, 0.3) is 0 Å². The number of nitrogen functional groups attached to an aromatic ring is 1. The maximum Gasteiger partial charge on any atom is 0.340 e. The van der Waals surface area contributed by atoms with Crippen molar-refractivity contribution in [2.24, 2.45) is 0 Å². The van der Waals surface area contributed by atoms with E-state index >= 15 is 0 Å². The molecule has 0 saturated heterocycles. The van der Waals surface area contributed by atoms with E-state index in [1.165, 1.54) is 12.1 Å². The Balaban J connectivity index is 2.65. The van der Waals surface area contributed by atoms with Crippen molar-refractivity contribution in [3.8, 4) is 5.88 Å². The minimum Gasteiger partial charge on any atom is -0.471 e. The molecule has 16 heavy (non-hydrogen) atoms. The number of aryl methyl sites for hydroxylation is 1. The minimum atomic E-state index is -4.18. The predicted molar refractivity (Wildman–Crippen MR) is 49.8 cm³/mol. The van der Waals surface area contributed by atoms with Gasteiger partial charge in [0.05, 0.1) is 11.4 Å². The van der Waals surface area contributed by atoms with Crippen molar-refractivity contribution in [2.75, 3.05) is 12.3 Å². The van der Waals surface area contributed by atoms with E-state index in [0.717, 1.165) is 0 Å². The van der Waals surface area contributed by atoms with Crippen molar-refractivity contribution >= 4 is 5.69 Å².